The maximum atomic E-state index is 11.3. The van der Waals surface area contributed by atoms with E-state index in [0.717, 1.165) is 44.4 Å². The lowest BCUT2D eigenvalue weighted by atomic mass is 10.1. The van der Waals surface area contributed by atoms with E-state index < -0.39 is 0 Å². The van der Waals surface area contributed by atoms with Crippen molar-refractivity contribution in [2.75, 3.05) is 38.6 Å². The van der Waals surface area contributed by atoms with Gasteiger partial charge in [0.25, 0.3) is 0 Å². The van der Waals surface area contributed by atoms with Gasteiger partial charge in [-0.15, -0.1) is 11.3 Å². The number of fused-ring (bicyclic) bond motifs is 1. The number of carbonyl (C=O) groups is 1. The Morgan fingerprint density at radius 2 is 1.64 bits per heavy atom. The molecule has 0 aliphatic heterocycles. The molecule has 0 saturated heterocycles. The zero-order valence-corrected chi connectivity index (χ0v) is 21.4. The number of likely N-dealkylation sites (N-methyl/N-ethyl adjacent to an activating group) is 2. The summed E-state index contributed by atoms with van der Waals surface area (Å²) in [4.78, 5) is 21.7. The van der Waals surface area contributed by atoms with E-state index in [9.17, 15) is 4.79 Å². The molecule has 0 saturated carbocycles. The number of benzene rings is 2. The number of rotatable bonds is 12. The van der Waals surface area contributed by atoms with Gasteiger partial charge in [-0.05, 0) is 75.9 Å². The molecule has 0 spiro atoms. The highest BCUT2D eigenvalue weighted by atomic mass is 32.1. The summed E-state index contributed by atoms with van der Waals surface area (Å²) in [5, 5.41) is 4.01. The van der Waals surface area contributed by atoms with E-state index >= 15 is 0 Å². The minimum absolute atomic E-state index is 0.389. The Morgan fingerprint density at radius 1 is 0.939 bits per heavy atom. The van der Waals surface area contributed by atoms with E-state index in [1.807, 2.05) is 32.1 Å². The molecule has 0 atom stereocenters. The molecule has 33 heavy (non-hydrogen) atoms. The van der Waals surface area contributed by atoms with E-state index in [1.54, 1.807) is 0 Å². The van der Waals surface area contributed by atoms with Gasteiger partial charge in [0.05, 0.1) is 17.1 Å². The van der Waals surface area contributed by atoms with Crippen LogP contribution in [0, 0.1) is 0 Å². The summed E-state index contributed by atoms with van der Waals surface area (Å²) in [5.41, 5.74) is 2.00. The Labute approximate surface area is 202 Å². The SMILES string of the molecule is CN(CCCc1ccc(CN(C=O)OC(C)(C)C)cc1)CCN(C)c1cc2ccccc2s1. The molecular weight excluding hydrogens is 430 g/mol. The lowest BCUT2D eigenvalue weighted by molar-refractivity contribution is -0.220. The Morgan fingerprint density at radius 3 is 2.30 bits per heavy atom. The molecule has 3 rings (SSSR count). The molecule has 6 heteroatoms. The molecule has 0 bridgehead atoms. The third-order valence-corrected chi connectivity index (χ3v) is 6.71. The summed E-state index contributed by atoms with van der Waals surface area (Å²) in [6.45, 7) is 9.39. The Hall–Kier alpha value is -2.41. The van der Waals surface area contributed by atoms with Crippen LogP contribution in [0.1, 0.15) is 38.3 Å². The van der Waals surface area contributed by atoms with Gasteiger partial charge in [0.1, 0.15) is 0 Å². The number of anilines is 1. The van der Waals surface area contributed by atoms with Gasteiger partial charge in [0.15, 0.2) is 0 Å². The molecule has 1 heterocycles. The monoisotopic (exact) mass is 467 g/mol. The molecule has 0 radical (unpaired) electrons. The Bertz CT molecular complexity index is 977. The second-order valence-electron chi connectivity index (χ2n) is 9.65. The van der Waals surface area contributed by atoms with E-state index in [1.165, 1.54) is 25.7 Å². The lowest BCUT2D eigenvalue weighted by Gasteiger charge is -2.26. The standard InChI is InChI=1S/C27H37N3O2S/c1-27(2,3)32-30(21-31)20-23-14-12-22(13-15-23)9-8-16-28(4)17-18-29(5)26-19-24-10-6-7-11-25(24)33-26/h6-7,10-15,19,21H,8-9,16-18,20H2,1-5H3. The predicted octanol–water partition coefficient (Wildman–Crippen LogP) is 5.59. The first kappa shape index (κ1) is 25.2. The van der Waals surface area contributed by atoms with Crippen LogP contribution in [0.3, 0.4) is 0 Å². The zero-order valence-electron chi connectivity index (χ0n) is 20.6. The fraction of sp³-hybridized carbons (Fsp3) is 0.444. The topological polar surface area (TPSA) is 36.0 Å². The van der Waals surface area contributed by atoms with E-state index in [0.29, 0.717) is 6.54 Å². The van der Waals surface area contributed by atoms with Crippen LogP contribution in [0.4, 0.5) is 5.00 Å². The largest absolute Gasteiger partial charge is 0.365 e. The summed E-state index contributed by atoms with van der Waals surface area (Å²) in [5.74, 6) is 0. The maximum absolute atomic E-state index is 11.3. The quantitative estimate of drug-likeness (QED) is 0.257. The molecular formula is C27H37N3O2S. The molecule has 0 aliphatic rings. The van der Waals surface area contributed by atoms with Crippen molar-refractivity contribution in [2.45, 2.75) is 45.8 Å². The van der Waals surface area contributed by atoms with Crippen LogP contribution in [0.2, 0.25) is 0 Å². The number of hydroxylamine groups is 2. The van der Waals surface area contributed by atoms with Gasteiger partial charge in [-0.2, -0.15) is 0 Å². The van der Waals surface area contributed by atoms with Gasteiger partial charge in [-0.3, -0.25) is 9.63 Å². The van der Waals surface area contributed by atoms with Gasteiger partial charge >= 0.3 is 0 Å². The van der Waals surface area contributed by atoms with Crippen LogP contribution in [0.5, 0.6) is 0 Å². The third-order valence-electron chi connectivity index (χ3n) is 5.48. The normalized spacial score (nSPS) is 11.8. The minimum Gasteiger partial charge on any atom is -0.365 e. The molecule has 1 aromatic heterocycles. The van der Waals surface area contributed by atoms with Crippen molar-refractivity contribution in [1.82, 2.24) is 9.96 Å². The Kier molecular flexibility index (Phi) is 8.89. The van der Waals surface area contributed by atoms with Gasteiger partial charge in [0.2, 0.25) is 6.41 Å². The van der Waals surface area contributed by atoms with Crippen LogP contribution >= 0.6 is 11.3 Å². The second kappa shape index (κ2) is 11.6. The summed E-state index contributed by atoms with van der Waals surface area (Å²) in [7, 11) is 4.38. The smallest absolute Gasteiger partial charge is 0.233 e. The summed E-state index contributed by atoms with van der Waals surface area (Å²) >= 11 is 1.86. The lowest BCUT2D eigenvalue weighted by Crippen LogP contribution is -2.32. The molecule has 1 amide bonds. The van der Waals surface area contributed by atoms with E-state index in [2.05, 4.69) is 78.5 Å². The van der Waals surface area contributed by atoms with E-state index in [4.69, 9.17) is 4.84 Å². The minimum atomic E-state index is -0.389. The molecule has 5 nitrogen and oxygen atoms in total. The average Bonchev–Trinajstić information content (AvgIpc) is 3.22. The van der Waals surface area contributed by atoms with Crippen molar-refractivity contribution in [3.63, 3.8) is 0 Å². The van der Waals surface area contributed by atoms with E-state index in [-0.39, 0.29) is 5.60 Å². The highest BCUT2D eigenvalue weighted by molar-refractivity contribution is 7.22. The Balaban J connectivity index is 1.38. The number of nitrogens with zero attached hydrogens (tertiary/aromatic N) is 3. The number of hydrogen-bond acceptors (Lipinski definition) is 5. The molecule has 3 aromatic rings. The van der Waals surface area contributed by atoms with Crippen LogP contribution in [-0.2, 0) is 22.6 Å². The summed E-state index contributed by atoms with van der Waals surface area (Å²) in [6.07, 6.45) is 2.91. The van der Waals surface area contributed by atoms with Crippen LogP contribution in [0.15, 0.2) is 54.6 Å². The number of carbonyl (C=O) groups excluding carboxylic acids is 1. The predicted molar refractivity (Wildman–Crippen MR) is 140 cm³/mol. The van der Waals surface area contributed by atoms with Gasteiger partial charge in [-0.1, -0.05) is 42.5 Å². The van der Waals surface area contributed by atoms with Crippen LogP contribution in [0.25, 0.3) is 10.1 Å². The molecule has 2 aromatic carbocycles. The number of hydrogen-bond donors (Lipinski definition) is 0. The zero-order chi connectivity index (χ0) is 23.8. The fourth-order valence-corrected chi connectivity index (χ4v) is 4.74. The number of aryl methyl sites for hydroxylation is 1. The van der Waals surface area contributed by atoms with Crippen LogP contribution in [-0.4, -0.2) is 55.7 Å². The highest BCUT2D eigenvalue weighted by Gasteiger charge is 2.16. The molecule has 0 unspecified atom stereocenters. The second-order valence-corrected chi connectivity index (χ2v) is 10.7. The first-order chi connectivity index (χ1) is 15.7. The first-order valence-electron chi connectivity index (χ1n) is 11.6. The van der Waals surface area contributed by atoms with Crippen molar-refractivity contribution in [3.05, 3.63) is 65.7 Å². The van der Waals surface area contributed by atoms with Gasteiger partial charge in [0, 0.05) is 24.8 Å². The van der Waals surface area contributed by atoms with Crippen molar-refractivity contribution < 1.29 is 9.63 Å². The maximum Gasteiger partial charge on any atom is 0.233 e. The average molecular weight is 468 g/mol. The summed E-state index contributed by atoms with van der Waals surface area (Å²) in [6, 6.07) is 19.3. The van der Waals surface area contributed by atoms with Gasteiger partial charge in [-0.25, -0.2) is 5.06 Å². The molecule has 0 fully saturated rings. The van der Waals surface area contributed by atoms with Crippen molar-refractivity contribution in [2.24, 2.45) is 0 Å². The molecule has 0 aliphatic carbocycles. The third kappa shape index (κ3) is 8.14. The number of thiophene rings is 1. The van der Waals surface area contributed by atoms with Crippen molar-refractivity contribution in [1.29, 1.82) is 0 Å². The van der Waals surface area contributed by atoms with Crippen molar-refractivity contribution >= 4 is 32.8 Å². The summed E-state index contributed by atoms with van der Waals surface area (Å²) < 4.78 is 1.35. The van der Waals surface area contributed by atoms with Gasteiger partial charge < -0.3 is 9.80 Å². The molecule has 178 valence electrons. The van der Waals surface area contributed by atoms with Crippen LogP contribution < -0.4 is 4.90 Å². The first-order valence-corrected chi connectivity index (χ1v) is 12.4. The number of amides is 1. The highest BCUT2D eigenvalue weighted by Crippen LogP contribution is 2.31. The van der Waals surface area contributed by atoms with Crippen molar-refractivity contribution in [3.8, 4) is 0 Å². The fourth-order valence-electron chi connectivity index (χ4n) is 3.69. The molecule has 0 N–H and O–H groups in total.